The van der Waals surface area contributed by atoms with Crippen LogP contribution in [-0.4, -0.2) is 22.3 Å². The van der Waals surface area contributed by atoms with Gasteiger partial charge >= 0.3 is 0 Å². The zero-order chi connectivity index (χ0) is 23.2. The number of hydrogen-bond acceptors (Lipinski definition) is 4. The van der Waals surface area contributed by atoms with Gasteiger partial charge in [0.05, 0.1) is 16.9 Å². The summed E-state index contributed by atoms with van der Waals surface area (Å²) < 4.78 is 5.79. The van der Waals surface area contributed by atoms with Crippen molar-refractivity contribution in [2.24, 2.45) is 5.10 Å². The quantitative estimate of drug-likeness (QED) is 0.229. The minimum atomic E-state index is -0.432. The summed E-state index contributed by atoms with van der Waals surface area (Å²) in [6.07, 6.45) is 1.44. The number of halogens is 3. The number of nitrogens with one attached hydrogen (secondary N) is 2. The largest absolute Gasteiger partial charge is 0.489 e. The molecule has 0 aliphatic rings. The van der Waals surface area contributed by atoms with Gasteiger partial charge in [0, 0.05) is 21.2 Å². The van der Waals surface area contributed by atoms with Crippen LogP contribution in [0.3, 0.4) is 0 Å². The number of H-pyrrole nitrogens is 1. The molecule has 1 heterocycles. The lowest BCUT2D eigenvalue weighted by Crippen LogP contribution is -2.18. The fourth-order valence-corrected chi connectivity index (χ4v) is 3.47. The van der Waals surface area contributed by atoms with E-state index in [9.17, 15) is 4.79 Å². The summed E-state index contributed by atoms with van der Waals surface area (Å²) in [5, 5.41) is 12.5. The third-order valence-electron chi connectivity index (χ3n) is 4.62. The Hall–Kier alpha value is -3.32. The maximum atomic E-state index is 12.3. The summed E-state index contributed by atoms with van der Waals surface area (Å²) in [4.78, 5) is 12.3. The zero-order valence-corrected chi connectivity index (χ0v) is 19.3. The lowest BCUT2D eigenvalue weighted by atomic mass is 10.1. The Kier molecular flexibility index (Phi) is 7.29. The highest BCUT2D eigenvalue weighted by molar-refractivity contribution is 6.36. The lowest BCUT2D eigenvalue weighted by Gasteiger charge is -2.07. The van der Waals surface area contributed by atoms with E-state index in [-0.39, 0.29) is 5.69 Å². The number of carbonyl (C=O) groups is 1. The van der Waals surface area contributed by atoms with Crippen molar-refractivity contribution < 1.29 is 9.53 Å². The Labute approximate surface area is 205 Å². The van der Waals surface area contributed by atoms with Gasteiger partial charge in [0.2, 0.25) is 0 Å². The van der Waals surface area contributed by atoms with E-state index in [0.717, 1.165) is 16.9 Å². The molecule has 0 aliphatic carbocycles. The molecule has 6 nitrogen and oxygen atoms in total. The van der Waals surface area contributed by atoms with Gasteiger partial charge in [-0.2, -0.15) is 10.2 Å². The summed E-state index contributed by atoms with van der Waals surface area (Å²) in [6, 6.07) is 21.6. The van der Waals surface area contributed by atoms with Crippen LogP contribution in [0.2, 0.25) is 15.1 Å². The zero-order valence-electron chi connectivity index (χ0n) is 17.1. The van der Waals surface area contributed by atoms with Crippen molar-refractivity contribution >= 4 is 46.9 Å². The Morgan fingerprint density at radius 3 is 2.42 bits per heavy atom. The smallest absolute Gasteiger partial charge is 0.289 e. The number of ether oxygens (including phenoxy) is 1. The van der Waals surface area contributed by atoms with E-state index in [1.807, 2.05) is 48.5 Å². The number of nitrogens with zero attached hydrogens (tertiary/aromatic N) is 2. The van der Waals surface area contributed by atoms with Gasteiger partial charge < -0.3 is 4.74 Å². The van der Waals surface area contributed by atoms with Gasteiger partial charge in [-0.1, -0.05) is 53.0 Å². The highest BCUT2D eigenvalue weighted by atomic mass is 35.5. The number of aromatic nitrogens is 2. The Morgan fingerprint density at radius 1 is 0.970 bits per heavy atom. The van der Waals surface area contributed by atoms with Crippen LogP contribution in [0.15, 0.2) is 77.9 Å². The first-order valence-electron chi connectivity index (χ1n) is 9.79. The fourth-order valence-electron chi connectivity index (χ4n) is 2.88. The molecule has 2 N–H and O–H groups in total. The van der Waals surface area contributed by atoms with Gasteiger partial charge in [0.25, 0.3) is 5.91 Å². The fraction of sp³-hybridized carbons (Fsp3) is 0.0417. The van der Waals surface area contributed by atoms with Gasteiger partial charge in [0.15, 0.2) is 0 Å². The summed E-state index contributed by atoms with van der Waals surface area (Å²) in [5.74, 6) is 0.287. The number of aromatic amines is 1. The van der Waals surface area contributed by atoms with E-state index in [0.29, 0.717) is 32.9 Å². The molecule has 0 aliphatic heterocycles. The van der Waals surface area contributed by atoms with Gasteiger partial charge in [-0.15, -0.1) is 0 Å². The topological polar surface area (TPSA) is 79.4 Å². The van der Waals surface area contributed by atoms with E-state index in [2.05, 4.69) is 20.7 Å². The van der Waals surface area contributed by atoms with E-state index in [1.54, 1.807) is 24.3 Å². The van der Waals surface area contributed by atoms with Gasteiger partial charge in [-0.05, 0) is 60.2 Å². The second-order valence-electron chi connectivity index (χ2n) is 6.97. The predicted octanol–water partition coefficient (Wildman–Crippen LogP) is 6.38. The first kappa shape index (κ1) is 22.9. The van der Waals surface area contributed by atoms with Gasteiger partial charge in [-0.3, -0.25) is 9.89 Å². The molecular weight excluding hydrogens is 483 g/mol. The molecule has 4 rings (SSSR count). The molecule has 1 aromatic heterocycles. The summed E-state index contributed by atoms with van der Waals surface area (Å²) >= 11 is 17.8. The first-order valence-corrected chi connectivity index (χ1v) is 10.9. The molecule has 33 heavy (non-hydrogen) atoms. The molecule has 0 spiro atoms. The van der Waals surface area contributed by atoms with Crippen LogP contribution in [0, 0.1) is 0 Å². The van der Waals surface area contributed by atoms with Crippen molar-refractivity contribution in [2.75, 3.05) is 0 Å². The molecule has 4 aromatic rings. The van der Waals surface area contributed by atoms with Crippen LogP contribution < -0.4 is 10.2 Å². The Bertz CT molecular complexity index is 1290. The third kappa shape index (κ3) is 6.14. The molecule has 9 heteroatoms. The average Bonchev–Trinajstić information content (AvgIpc) is 3.31. The minimum Gasteiger partial charge on any atom is -0.489 e. The monoisotopic (exact) mass is 498 g/mol. The molecule has 3 aromatic carbocycles. The molecule has 0 radical (unpaired) electrons. The maximum absolute atomic E-state index is 12.3. The van der Waals surface area contributed by atoms with E-state index < -0.39 is 5.91 Å². The van der Waals surface area contributed by atoms with E-state index >= 15 is 0 Å². The van der Waals surface area contributed by atoms with Crippen molar-refractivity contribution in [1.29, 1.82) is 0 Å². The number of rotatable bonds is 7. The number of hydrogen-bond donors (Lipinski definition) is 2. The molecular formula is C24H17Cl3N4O2. The molecule has 0 saturated heterocycles. The van der Waals surface area contributed by atoms with Crippen LogP contribution >= 0.6 is 34.8 Å². The minimum absolute atomic E-state index is 0.271. The van der Waals surface area contributed by atoms with Crippen molar-refractivity contribution in [3.63, 3.8) is 0 Å². The second kappa shape index (κ2) is 10.5. The first-order chi connectivity index (χ1) is 16.0. The summed E-state index contributed by atoms with van der Waals surface area (Å²) in [7, 11) is 0. The predicted molar refractivity (Wildman–Crippen MR) is 131 cm³/mol. The van der Waals surface area contributed by atoms with Gasteiger partial charge in [-0.25, -0.2) is 5.43 Å². The molecule has 0 unspecified atom stereocenters. The average molecular weight is 500 g/mol. The van der Waals surface area contributed by atoms with Gasteiger partial charge in [0.1, 0.15) is 18.1 Å². The van der Waals surface area contributed by atoms with Crippen molar-refractivity contribution in [1.82, 2.24) is 15.6 Å². The number of carbonyl (C=O) groups excluding carboxylic acids is 1. The Balaban J connectivity index is 1.34. The third-order valence-corrected chi connectivity index (χ3v) is 5.44. The van der Waals surface area contributed by atoms with Crippen LogP contribution in [0.1, 0.15) is 21.6 Å². The van der Waals surface area contributed by atoms with Crippen LogP contribution in [-0.2, 0) is 6.61 Å². The lowest BCUT2D eigenvalue weighted by molar-refractivity contribution is 0.0950. The molecule has 0 fully saturated rings. The summed E-state index contributed by atoms with van der Waals surface area (Å²) in [5.41, 5.74) is 5.81. The van der Waals surface area contributed by atoms with Crippen LogP contribution in [0.25, 0.3) is 11.3 Å². The number of amides is 1. The second-order valence-corrected chi connectivity index (χ2v) is 8.25. The standard InChI is InChI=1S/C24H17Cl3N4O2/c25-18-6-1-15(2-7-18)14-33-20-9-4-16(5-10-20)22-12-23(30-29-22)24(32)31-28-13-17-3-8-19(26)11-21(17)27/h1-13H,14H2,(H,29,30)(H,31,32)/b28-13-. The van der Waals surface area contributed by atoms with Crippen molar-refractivity contribution in [3.05, 3.63) is 105 Å². The molecule has 0 saturated carbocycles. The summed E-state index contributed by atoms with van der Waals surface area (Å²) in [6.45, 7) is 0.436. The maximum Gasteiger partial charge on any atom is 0.289 e. The molecule has 0 bridgehead atoms. The van der Waals surface area contributed by atoms with Crippen molar-refractivity contribution in [3.8, 4) is 17.0 Å². The SMILES string of the molecule is O=C(N/N=C\c1ccc(Cl)cc1Cl)c1cc(-c2ccc(OCc3ccc(Cl)cc3)cc2)n[nH]1. The van der Waals surface area contributed by atoms with Crippen LogP contribution in [0.5, 0.6) is 5.75 Å². The highest BCUT2D eigenvalue weighted by Crippen LogP contribution is 2.22. The molecule has 1 amide bonds. The highest BCUT2D eigenvalue weighted by Gasteiger charge is 2.11. The van der Waals surface area contributed by atoms with E-state index in [1.165, 1.54) is 6.21 Å². The number of hydrazone groups is 1. The van der Waals surface area contributed by atoms with Crippen LogP contribution in [0.4, 0.5) is 0 Å². The molecule has 166 valence electrons. The number of benzene rings is 3. The van der Waals surface area contributed by atoms with Crippen molar-refractivity contribution in [2.45, 2.75) is 6.61 Å². The van der Waals surface area contributed by atoms with E-state index in [4.69, 9.17) is 39.5 Å². The normalized spacial score (nSPS) is 11.0. The molecule has 0 atom stereocenters. The Morgan fingerprint density at radius 2 is 1.70 bits per heavy atom.